The zero-order chi connectivity index (χ0) is 15.1. The zero-order valence-electron chi connectivity index (χ0n) is 11.3. The molecule has 0 bridgehead atoms. The van der Waals surface area contributed by atoms with Crippen molar-refractivity contribution in [2.75, 3.05) is 12.4 Å². The lowest BCUT2D eigenvalue weighted by molar-refractivity contribution is 0.0692. The SMILES string of the molecule is O=C(O)c1ccccc1OCCCSc1ccccc1F. The number of para-hydroxylation sites is 1. The summed E-state index contributed by atoms with van der Waals surface area (Å²) in [5, 5.41) is 9.02. The molecule has 0 fully saturated rings. The van der Waals surface area contributed by atoms with Crippen LogP contribution in [0.3, 0.4) is 0 Å². The Morgan fingerprint density at radius 3 is 2.62 bits per heavy atom. The summed E-state index contributed by atoms with van der Waals surface area (Å²) in [5.74, 6) is -0.164. The highest BCUT2D eigenvalue weighted by Crippen LogP contribution is 2.22. The number of ether oxygens (including phenoxy) is 1. The Balaban J connectivity index is 1.78. The Bertz CT molecular complexity index is 616. The molecule has 0 aromatic heterocycles. The third kappa shape index (κ3) is 4.49. The molecule has 0 atom stereocenters. The maximum absolute atomic E-state index is 13.4. The lowest BCUT2D eigenvalue weighted by Gasteiger charge is -2.08. The molecule has 0 amide bonds. The quantitative estimate of drug-likeness (QED) is 0.618. The second-order valence-electron chi connectivity index (χ2n) is 4.28. The van der Waals surface area contributed by atoms with Crippen molar-refractivity contribution in [2.24, 2.45) is 0 Å². The first-order valence-electron chi connectivity index (χ1n) is 6.51. The number of benzene rings is 2. The number of rotatable bonds is 7. The van der Waals surface area contributed by atoms with Crippen molar-refractivity contribution in [3.8, 4) is 5.75 Å². The number of carboxylic acids is 1. The largest absolute Gasteiger partial charge is 0.493 e. The van der Waals surface area contributed by atoms with E-state index in [-0.39, 0.29) is 11.4 Å². The van der Waals surface area contributed by atoms with E-state index in [1.54, 1.807) is 36.4 Å². The molecule has 1 N–H and O–H groups in total. The number of hydrogen-bond acceptors (Lipinski definition) is 3. The zero-order valence-corrected chi connectivity index (χ0v) is 12.1. The Morgan fingerprint density at radius 1 is 1.14 bits per heavy atom. The molecule has 2 aromatic rings. The normalized spacial score (nSPS) is 10.3. The maximum atomic E-state index is 13.4. The van der Waals surface area contributed by atoms with Gasteiger partial charge in [0.2, 0.25) is 0 Å². The monoisotopic (exact) mass is 306 g/mol. The second kappa shape index (κ2) is 7.69. The van der Waals surface area contributed by atoms with Crippen LogP contribution in [0, 0.1) is 5.82 Å². The van der Waals surface area contributed by atoms with Gasteiger partial charge in [0.15, 0.2) is 0 Å². The summed E-state index contributed by atoms with van der Waals surface area (Å²) in [4.78, 5) is 11.6. The molecule has 0 saturated heterocycles. The molecule has 0 aliphatic rings. The van der Waals surface area contributed by atoms with Crippen LogP contribution >= 0.6 is 11.8 Å². The molecule has 0 aliphatic heterocycles. The van der Waals surface area contributed by atoms with Gasteiger partial charge in [0.1, 0.15) is 17.1 Å². The predicted octanol–water partition coefficient (Wildman–Crippen LogP) is 4.09. The van der Waals surface area contributed by atoms with Gasteiger partial charge in [0.25, 0.3) is 0 Å². The van der Waals surface area contributed by atoms with Crippen LogP contribution in [-0.4, -0.2) is 23.4 Å². The van der Waals surface area contributed by atoms with E-state index >= 15 is 0 Å². The smallest absolute Gasteiger partial charge is 0.339 e. The number of carboxylic acid groups (broad SMARTS) is 1. The third-order valence-corrected chi connectivity index (χ3v) is 3.89. The average Bonchev–Trinajstić information content (AvgIpc) is 2.49. The first-order valence-corrected chi connectivity index (χ1v) is 7.49. The van der Waals surface area contributed by atoms with E-state index in [1.807, 2.05) is 0 Å². The lowest BCUT2D eigenvalue weighted by atomic mass is 10.2. The number of halogens is 1. The van der Waals surface area contributed by atoms with E-state index in [0.29, 0.717) is 29.4 Å². The fourth-order valence-corrected chi connectivity index (χ4v) is 2.62. The number of aromatic carboxylic acids is 1. The number of carbonyl (C=O) groups is 1. The van der Waals surface area contributed by atoms with Crippen LogP contribution in [0.25, 0.3) is 0 Å². The summed E-state index contributed by atoms with van der Waals surface area (Å²) in [7, 11) is 0. The summed E-state index contributed by atoms with van der Waals surface area (Å²) in [5.41, 5.74) is 0.152. The first kappa shape index (κ1) is 15.4. The minimum atomic E-state index is -1.01. The molecule has 2 aromatic carbocycles. The number of thioether (sulfide) groups is 1. The Morgan fingerprint density at radius 2 is 1.86 bits per heavy atom. The molecule has 0 radical (unpaired) electrons. The predicted molar refractivity (Wildman–Crippen MR) is 80.6 cm³/mol. The summed E-state index contributed by atoms with van der Waals surface area (Å²) in [6, 6.07) is 13.2. The molecule has 2 rings (SSSR count). The average molecular weight is 306 g/mol. The van der Waals surface area contributed by atoms with E-state index in [4.69, 9.17) is 9.84 Å². The van der Waals surface area contributed by atoms with Crippen molar-refractivity contribution in [2.45, 2.75) is 11.3 Å². The third-order valence-electron chi connectivity index (χ3n) is 2.76. The molecule has 0 saturated carbocycles. The minimum Gasteiger partial charge on any atom is -0.493 e. The van der Waals surface area contributed by atoms with Gasteiger partial charge in [-0.1, -0.05) is 24.3 Å². The van der Waals surface area contributed by atoms with Crippen molar-refractivity contribution in [3.63, 3.8) is 0 Å². The van der Waals surface area contributed by atoms with E-state index < -0.39 is 5.97 Å². The van der Waals surface area contributed by atoms with Gasteiger partial charge in [-0.15, -0.1) is 11.8 Å². The standard InChI is InChI=1S/C16H15FO3S/c17-13-7-2-4-9-15(13)21-11-5-10-20-14-8-3-1-6-12(14)16(18)19/h1-4,6-9H,5,10-11H2,(H,18,19). The highest BCUT2D eigenvalue weighted by molar-refractivity contribution is 7.99. The van der Waals surface area contributed by atoms with Crippen LogP contribution in [-0.2, 0) is 0 Å². The van der Waals surface area contributed by atoms with E-state index in [0.717, 1.165) is 0 Å². The van der Waals surface area contributed by atoms with Gasteiger partial charge in [-0.3, -0.25) is 0 Å². The van der Waals surface area contributed by atoms with Crippen molar-refractivity contribution < 1.29 is 19.0 Å². The summed E-state index contributed by atoms with van der Waals surface area (Å²) >= 11 is 1.42. The molecule has 3 nitrogen and oxygen atoms in total. The summed E-state index contributed by atoms with van der Waals surface area (Å²) in [6.07, 6.45) is 0.701. The highest BCUT2D eigenvalue weighted by Gasteiger charge is 2.09. The highest BCUT2D eigenvalue weighted by atomic mass is 32.2. The number of hydrogen-bond donors (Lipinski definition) is 1. The van der Waals surface area contributed by atoms with Gasteiger partial charge >= 0.3 is 5.97 Å². The molecule has 0 spiro atoms. The Kier molecular flexibility index (Phi) is 5.63. The van der Waals surface area contributed by atoms with Crippen molar-refractivity contribution >= 4 is 17.7 Å². The van der Waals surface area contributed by atoms with Gasteiger partial charge < -0.3 is 9.84 Å². The van der Waals surface area contributed by atoms with Crippen LogP contribution < -0.4 is 4.74 Å². The van der Waals surface area contributed by atoms with Crippen LogP contribution in [0.2, 0.25) is 0 Å². The van der Waals surface area contributed by atoms with Crippen LogP contribution in [0.15, 0.2) is 53.4 Å². The lowest BCUT2D eigenvalue weighted by Crippen LogP contribution is -2.04. The van der Waals surface area contributed by atoms with E-state index in [2.05, 4.69) is 0 Å². The van der Waals surface area contributed by atoms with Crippen LogP contribution in [0.4, 0.5) is 4.39 Å². The van der Waals surface area contributed by atoms with Gasteiger partial charge in [-0.25, -0.2) is 9.18 Å². The fraction of sp³-hybridized carbons (Fsp3) is 0.188. The van der Waals surface area contributed by atoms with Gasteiger partial charge in [-0.2, -0.15) is 0 Å². The summed E-state index contributed by atoms with van der Waals surface area (Å²) in [6.45, 7) is 0.395. The molecular weight excluding hydrogens is 291 g/mol. The maximum Gasteiger partial charge on any atom is 0.339 e. The van der Waals surface area contributed by atoms with E-state index in [1.165, 1.54) is 23.9 Å². The fourth-order valence-electron chi connectivity index (χ4n) is 1.75. The molecule has 0 heterocycles. The van der Waals surface area contributed by atoms with Gasteiger partial charge in [-0.05, 0) is 30.7 Å². The molecule has 5 heteroatoms. The van der Waals surface area contributed by atoms with Crippen molar-refractivity contribution in [1.82, 2.24) is 0 Å². The molecule has 0 unspecified atom stereocenters. The van der Waals surface area contributed by atoms with Crippen molar-refractivity contribution in [3.05, 3.63) is 59.9 Å². The van der Waals surface area contributed by atoms with Crippen LogP contribution in [0.1, 0.15) is 16.8 Å². The topological polar surface area (TPSA) is 46.5 Å². The molecule has 21 heavy (non-hydrogen) atoms. The van der Waals surface area contributed by atoms with Gasteiger partial charge in [0.05, 0.1) is 6.61 Å². The molecule has 110 valence electrons. The van der Waals surface area contributed by atoms with Crippen LogP contribution in [0.5, 0.6) is 5.75 Å². The minimum absolute atomic E-state index is 0.152. The Hall–Kier alpha value is -2.01. The van der Waals surface area contributed by atoms with Crippen molar-refractivity contribution in [1.29, 1.82) is 0 Å². The summed E-state index contributed by atoms with van der Waals surface area (Å²) < 4.78 is 18.9. The first-order chi connectivity index (χ1) is 10.2. The van der Waals surface area contributed by atoms with E-state index in [9.17, 15) is 9.18 Å². The Labute approximate surface area is 126 Å². The van der Waals surface area contributed by atoms with Gasteiger partial charge in [0, 0.05) is 10.6 Å². The molecular formula is C16H15FO3S. The second-order valence-corrected chi connectivity index (χ2v) is 5.42. The molecule has 0 aliphatic carbocycles.